The molecule has 0 saturated carbocycles. The number of anilines is 2. The molecule has 1 aliphatic heterocycles. The Bertz CT molecular complexity index is 474. The van der Waals surface area contributed by atoms with Crippen LogP contribution >= 0.6 is 0 Å². The molecule has 1 atom stereocenters. The zero-order chi connectivity index (χ0) is 13.8. The Labute approximate surface area is 110 Å². The van der Waals surface area contributed by atoms with E-state index in [4.69, 9.17) is 4.74 Å². The van der Waals surface area contributed by atoms with Crippen LogP contribution in [-0.2, 0) is 4.74 Å². The molecule has 1 aromatic heterocycles. The number of rotatable bonds is 5. The quantitative estimate of drug-likeness (QED) is 0.612. The van der Waals surface area contributed by atoms with Crippen LogP contribution in [-0.4, -0.2) is 41.2 Å². The van der Waals surface area contributed by atoms with Crippen molar-refractivity contribution < 1.29 is 9.66 Å². The van der Waals surface area contributed by atoms with Crippen molar-refractivity contribution in [3.05, 3.63) is 15.8 Å². The van der Waals surface area contributed by atoms with Crippen LogP contribution in [0.15, 0.2) is 0 Å². The number of ether oxygens (including phenoxy) is 1. The maximum absolute atomic E-state index is 11.1. The van der Waals surface area contributed by atoms with E-state index in [1.165, 1.54) is 0 Å². The minimum atomic E-state index is -0.466. The van der Waals surface area contributed by atoms with E-state index in [-0.39, 0.29) is 17.6 Å². The van der Waals surface area contributed by atoms with Crippen molar-refractivity contribution in [1.82, 2.24) is 9.97 Å². The van der Waals surface area contributed by atoms with Crippen molar-refractivity contribution in [2.45, 2.75) is 25.9 Å². The minimum absolute atomic E-state index is 0.0861. The van der Waals surface area contributed by atoms with Gasteiger partial charge in [-0.3, -0.25) is 10.1 Å². The summed E-state index contributed by atoms with van der Waals surface area (Å²) in [5, 5.41) is 16.9. The number of nitrogens with one attached hydrogen (secondary N) is 2. The first-order valence-electron chi connectivity index (χ1n) is 6.18. The lowest BCUT2D eigenvalue weighted by atomic mass is 10.2. The van der Waals surface area contributed by atoms with Crippen LogP contribution in [0.5, 0.6) is 0 Å². The largest absolute Gasteiger partial charge is 0.376 e. The highest BCUT2D eigenvalue weighted by atomic mass is 16.6. The number of nitro groups is 1. The second-order valence-electron chi connectivity index (χ2n) is 4.35. The van der Waals surface area contributed by atoms with Gasteiger partial charge in [-0.15, -0.1) is 0 Å². The van der Waals surface area contributed by atoms with E-state index in [9.17, 15) is 10.1 Å². The average Bonchev–Trinajstić information content (AvgIpc) is 2.88. The Morgan fingerprint density at radius 2 is 2.32 bits per heavy atom. The van der Waals surface area contributed by atoms with E-state index in [1.807, 2.05) is 0 Å². The Balaban J connectivity index is 2.20. The van der Waals surface area contributed by atoms with Crippen LogP contribution in [0.2, 0.25) is 0 Å². The summed E-state index contributed by atoms with van der Waals surface area (Å²) in [6.07, 6.45) is 2.08. The van der Waals surface area contributed by atoms with Crippen molar-refractivity contribution in [3.8, 4) is 0 Å². The maximum atomic E-state index is 11.1. The van der Waals surface area contributed by atoms with Gasteiger partial charge in [-0.05, 0) is 19.8 Å². The van der Waals surface area contributed by atoms with E-state index in [0.29, 0.717) is 18.2 Å². The molecule has 1 unspecified atom stereocenters. The summed E-state index contributed by atoms with van der Waals surface area (Å²) < 4.78 is 5.47. The first-order chi connectivity index (χ1) is 9.11. The summed E-state index contributed by atoms with van der Waals surface area (Å²) in [7, 11) is 1.67. The van der Waals surface area contributed by atoms with E-state index in [1.54, 1.807) is 14.0 Å². The smallest absolute Gasteiger partial charge is 0.332 e. The molecule has 2 N–H and O–H groups in total. The Morgan fingerprint density at radius 1 is 1.53 bits per heavy atom. The molecule has 0 amide bonds. The first kappa shape index (κ1) is 13.5. The molecular weight excluding hydrogens is 250 g/mol. The van der Waals surface area contributed by atoms with Crippen LogP contribution < -0.4 is 10.6 Å². The van der Waals surface area contributed by atoms with E-state index >= 15 is 0 Å². The van der Waals surface area contributed by atoms with E-state index in [0.717, 1.165) is 19.4 Å². The van der Waals surface area contributed by atoms with Gasteiger partial charge in [-0.1, -0.05) is 0 Å². The highest BCUT2D eigenvalue weighted by molar-refractivity contribution is 5.60. The fourth-order valence-corrected chi connectivity index (χ4v) is 2.04. The number of hydrogen-bond donors (Lipinski definition) is 2. The highest BCUT2D eigenvalue weighted by Crippen LogP contribution is 2.26. The van der Waals surface area contributed by atoms with Crippen molar-refractivity contribution in [2.75, 3.05) is 30.8 Å². The number of aromatic nitrogens is 2. The van der Waals surface area contributed by atoms with Gasteiger partial charge in [-0.25, -0.2) is 4.98 Å². The Morgan fingerprint density at radius 3 is 2.89 bits per heavy atom. The zero-order valence-electron chi connectivity index (χ0n) is 11.0. The van der Waals surface area contributed by atoms with E-state index in [2.05, 4.69) is 20.6 Å². The second kappa shape index (κ2) is 5.79. The predicted molar refractivity (Wildman–Crippen MR) is 70.4 cm³/mol. The van der Waals surface area contributed by atoms with Gasteiger partial charge in [0, 0.05) is 20.2 Å². The van der Waals surface area contributed by atoms with Gasteiger partial charge in [0.05, 0.1) is 11.0 Å². The SMILES string of the molecule is CNc1nc(C)c([N+](=O)[O-])c(NCC2CCCO2)n1. The molecule has 8 heteroatoms. The van der Waals surface area contributed by atoms with E-state index < -0.39 is 4.92 Å². The lowest BCUT2D eigenvalue weighted by Crippen LogP contribution is -2.20. The summed E-state index contributed by atoms with van der Waals surface area (Å²) >= 11 is 0. The molecule has 1 aromatic rings. The third-order valence-electron chi connectivity index (χ3n) is 2.99. The third kappa shape index (κ3) is 3.08. The molecule has 1 fully saturated rings. The van der Waals surface area contributed by atoms with Crippen LogP contribution in [0.25, 0.3) is 0 Å². The summed E-state index contributed by atoms with van der Waals surface area (Å²) in [6.45, 7) is 2.86. The topological polar surface area (TPSA) is 102 Å². The average molecular weight is 267 g/mol. The lowest BCUT2D eigenvalue weighted by molar-refractivity contribution is -0.385. The molecule has 0 aliphatic carbocycles. The van der Waals surface area contributed by atoms with Gasteiger partial charge in [0.25, 0.3) is 0 Å². The minimum Gasteiger partial charge on any atom is -0.376 e. The van der Waals surface area contributed by atoms with Crippen LogP contribution in [0.3, 0.4) is 0 Å². The summed E-state index contributed by atoms with van der Waals surface area (Å²) in [5.74, 6) is 0.593. The molecule has 8 nitrogen and oxygen atoms in total. The number of nitrogens with zero attached hydrogens (tertiary/aromatic N) is 3. The molecule has 1 aliphatic rings. The highest BCUT2D eigenvalue weighted by Gasteiger charge is 2.23. The molecule has 19 heavy (non-hydrogen) atoms. The molecule has 0 bridgehead atoms. The number of aryl methyl sites for hydroxylation is 1. The molecule has 0 aromatic carbocycles. The second-order valence-corrected chi connectivity index (χ2v) is 4.35. The molecular formula is C11H17N5O3. The fourth-order valence-electron chi connectivity index (χ4n) is 2.04. The Kier molecular flexibility index (Phi) is 4.10. The van der Waals surface area contributed by atoms with Gasteiger partial charge < -0.3 is 15.4 Å². The van der Waals surface area contributed by atoms with Crippen molar-refractivity contribution >= 4 is 17.5 Å². The van der Waals surface area contributed by atoms with Crippen molar-refractivity contribution in [2.24, 2.45) is 0 Å². The van der Waals surface area contributed by atoms with Gasteiger partial charge >= 0.3 is 5.69 Å². The molecule has 0 spiro atoms. The molecule has 2 rings (SSSR count). The van der Waals surface area contributed by atoms with Crippen LogP contribution in [0.1, 0.15) is 18.5 Å². The summed E-state index contributed by atoms with van der Waals surface area (Å²) in [4.78, 5) is 18.7. The number of hydrogen-bond acceptors (Lipinski definition) is 7. The monoisotopic (exact) mass is 267 g/mol. The Hall–Kier alpha value is -1.96. The molecule has 1 saturated heterocycles. The van der Waals surface area contributed by atoms with Crippen molar-refractivity contribution in [3.63, 3.8) is 0 Å². The van der Waals surface area contributed by atoms with Gasteiger partial charge in [0.1, 0.15) is 5.69 Å². The molecule has 104 valence electrons. The fraction of sp³-hybridized carbons (Fsp3) is 0.636. The van der Waals surface area contributed by atoms with Gasteiger partial charge in [0.15, 0.2) is 0 Å². The standard InChI is InChI=1S/C11H17N5O3/c1-7-9(16(17)18)10(15-11(12-2)14-7)13-6-8-4-3-5-19-8/h8H,3-6H2,1-2H3,(H2,12,13,14,15). The maximum Gasteiger partial charge on any atom is 0.332 e. The van der Waals surface area contributed by atoms with Gasteiger partial charge in [-0.2, -0.15) is 4.98 Å². The summed E-state index contributed by atoms with van der Waals surface area (Å²) in [6, 6.07) is 0. The van der Waals surface area contributed by atoms with Gasteiger partial charge in [0.2, 0.25) is 11.8 Å². The normalized spacial score (nSPS) is 18.3. The predicted octanol–water partition coefficient (Wildman–Crippen LogP) is 1.33. The summed E-state index contributed by atoms with van der Waals surface area (Å²) in [5.41, 5.74) is 0.246. The molecule has 0 radical (unpaired) electrons. The first-order valence-corrected chi connectivity index (χ1v) is 6.18. The van der Waals surface area contributed by atoms with Crippen LogP contribution in [0, 0.1) is 17.0 Å². The third-order valence-corrected chi connectivity index (χ3v) is 2.99. The van der Waals surface area contributed by atoms with Crippen LogP contribution in [0.4, 0.5) is 17.5 Å². The molecule has 2 heterocycles. The zero-order valence-corrected chi connectivity index (χ0v) is 11.0. The van der Waals surface area contributed by atoms with Crippen molar-refractivity contribution in [1.29, 1.82) is 0 Å². The lowest BCUT2D eigenvalue weighted by Gasteiger charge is -2.12.